The van der Waals surface area contributed by atoms with Gasteiger partial charge in [0, 0.05) is 0 Å². The van der Waals surface area contributed by atoms with Crippen LogP contribution in [0, 0.1) is 0 Å². The van der Waals surface area contributed by atoms with Gasteiger partial charge in [-0.2, -0.15) is 0 Å². The van der Waals surface area contributed by atoms with Crippen LogP contribution in [0.1, 0.15) is 17.5 Å². The summed E-state index contributed by atoms with van der Waals surface area (Å²) in [4.78, 5) is 0. The van der Waals surface area contributed by atoms with Crippen molar-refractivity contribution in [2.45, 2.75) is 19.3 Å². The van der Waals surface area contributed by atoms with Crippen LogP contribution < -0.4 is 9.47 Å². The van der Waals surface area contributed by atoms with Crippen LogP contribution in [-0.2, 0) is 12.8 Å². The number of phenolic OH excluding ortho intramolecular Hbond substituents is 1. The third-order valence-electron chi connectivity index (χ3n) is 3.35. The average molecular weight is 272 g/mol. The number of methoxy groups -OCH3 is 2. The van der Waals surface area contributed by atoms with Crippen LogP contribution in [0.15, 0.2) is 42.5 Å². The van der Waals surface area contributed by atoms with Gasteiger partial charge in [0.15, 0.2) is 11.5 Å². The molecule has 3 heteroatoms. The average Bonchev–Trinajstić information content (AvgIpc) is 2.49. The highest BCUT2D eigenvalue weighted by Crippen LogP contribution is 2.28. The summed E-state index contributed by atoms with van der Waals surface area (Å²) in [6.07, 6.45) is 2.78. The topological polar surface area (TPSA) is 38.7 Å². The Hall–Kier alpha value is -2.16. The van der Waals surface area contributed by atoms with Gasteiger partial charge in [0.2, 0.25) is 0 Å². The van der Waals surface area contributed by atoms with Crippen molar-refractivity contribution in [3.8, 4) is 17.2 Å². The Labute approximate surface area is 119 Å². The van der Waals surface area contributed by atoms with Crippen LogP contribution in [-0.4, -0.2) is 19.3 Å². The molecule has 0 aromatic heterocycles. The quantitative estimate of drug-likeness (QED) is 0.873. The van der Waals surface area contributed by atoms with E-state index in [4.69, 9.17) is 9.47 Å². The van der Waals surface area contributed by atoms with Crippen molar-refractivity contribution in [2.24, 2.45) is 0 Å². The summed E-state index contributed by atoms with van der Waals surface area (Å²) < 4.78 is 10.5. The standard InChI is InChI=1S/C17H20O3/c1-19-16-11-10-13(12-17(16)20-2)6-5-8-14-7-3-4-9-15(14)18/h3-4,7,9-12,18H,5-6,8H2,1-2H3. The molecule has 0 saturated heterocycles. The predicted octanol–water partition coefficient (Wildman–Crippen LogP) is 3.58. The van der Waals surface area contributed by atoms with Gasteiger partial charge >= 0.3 is 0 Å². The molecule has 0 atom stereocenters. The molecule has 0 radical (unpaired) electrons. The smallest absolute Gasteiger partial charge is 0.160 e. The lowest BCUT2D eigenvalue weighted by Gasteiger charge is -2.09. The molecule has 3 nitrogen and oxygen atoms in total. The molecule has 20 heavy (non-hydrogen) atoms. The maximum Gasteiger partial charge on any atom is 0.160 e. The van der Waals surface area contributed by atoms with Gasteiger partial charge in [0.25, 0.3) is 0 Å². The molecule has 0 aliphatic rings. The van der Waals surface area contributed by atoms with Crippen molar-refractivity contribution in [3.63, 3.8) is 0 Å². The Balaban J connectivity index is 1.96. The summed E-state index contributed by atoms with van der Waals surface area (Å²) in [7, 11) is 3.28. The molecule has 0 aliphatic heterocycles. The third-order valence-corrected chi connectivity index (χ3v) is 3.35. The van der Waals surface area contributed by atoms with Crippen molar-refractivity contribution in [3.05, 3.63) is 53.6 Å². The van der Waals surface area contributed by atoms with E-state index in [1.807, 2.05) is 36.4 Å². The molecule has 0 heterocycles. The zero-order valence-corrected chi connectivity index (χ0v) is 11.9. The van der Waals surface area contributed by atoms with E-state index in [1.165, 1.54) is 5.56 Å². The van der Waals surface area contributed by atoms with Crippen LogP contribution in [0.2, 0.25) is 0 Å². The fourth-order valence-electron chi connectivity index (χ4n) is 2.24. The van der Waals surface area contributed by atoms with Crippen LogP contribution in [0.3, 0.4) is 0 Å². The van der Waals surface area contributed by atoms with E-state index < -0.39 is 0 Å². The molecule has 1 N–H and O–H groups in total. The maximum atomic E-state index is 9.72. The fourth-order valence-corrected chi connectivity index (χ4v) is 2.24. The normalized spacial score (nSPS) is 10.3. The molecule has 106 valence electrons. The predicted molar refractivity (Wildman–Crippen MR) is 79.7 cm³/mol. The first-order chi connectivity index (χ1) is 9.74. The Kier molecular flexibility index (Phi) is 4.88. The first kappa shape index (κ1) is 14.3. The van der Waals surface area contributed by atoms with Gasteiger partial charge in [-0.25, -0.2) is 0 Å². The van der Waals surface area contributed by atoms with Crippen LogP contribution >= 0.6 is 0 Å². The van der Waals surface area contributed by atoms with Crippen molar-refractivity contribution in [1.29, 1.82) is 0 Å². The van der Waals surface area contributed by atoms with Crippen molar-refractivity contribution in [2.75, 3.05) is 14.2 Å². The molecular formula is C17H20O3. The summed E-state index contributed by atoms with van der Waals surface area (Å²) in [5.41, 5.74) is 2.20. The second-order valence-electron chi connectivity index (χ2n) is 4.67. The summed E-state index contributed by atoms with van der Waals surface area (Å²) in [5.74, 6) is 1.88. The van der Waals surface area contributed by atoms with Crippen molar-refractivity contribution in [1.82, 2.24) is 0 Å². The summed E-state index contributed by atoms with van der Waals surface area (Å²) in [5, 5.41) is 9.72. The van der Waals surface area contributed by atoms with Gasteiger partial charge in [-0.15, -0.1) is 0 Å². The molecule has 0 amide bonds. The van der Waals surface area contributed by atoms with E-state index >= 15 is 0 Å². The van der Waals surface area contributed by atoms with E-state index in [9.17, 15) is 5.11 Å². The van der Waals surface area contributed by atoms with Gasteiger partial charge in [-0.05, 0) is 48.6 Å². The highest BCUT2D eigenvalue weighted by Gasteiger charge is 2.05. The molecule has 2 aromatic carbocycles. The van der Waals surface area contributed by atoms with Crippen LogP contribution in [0.25, 0.3) is 0 Å². The SMILES string of the molecule is COc1ccc(CCCc2ccccc2O)cc1OC. The molecule has 2 aromatic rings. The van der Waals surface area contributed by atoms with Gasteiger partial charge in [0.05, 0.1) is 14.2 Å². The van der Waals surface area contributed by atoms with Gasteiger partial charge in [-0.3, -0.25) is 0 Å². The number of hydrogen-bond acceptors (Lipinski definition) is 3. The molecule has 0 fully saturated rings. The van der Waals surface area contributed by atoms with Gasteiger partial charge in [0.1, 0.15) is 5.75 Å². The van der Waals surface area contributed by atoms with Crippen molar-refractivity contribution < 1.29 is 14.6 Å². The zero-order chi connectivity index (χ0) is 14.4. The molecule has 0 aliphatic carbocycles. The zero-order valence-electron chi connectivity index (χ0n) is 11.9. The number of para-hydroxylation sites is 1. The number of rotatable bonds is 6. The van der Waals surface area contributed by atoms with E-state index in [2.05, 4.69) is 0 Å². The number of phenols is 1. The number of ether oxygens (including phenoxy) is 2. The second kappa shape index (κ2) is 6.85. The highest BCUT2D eigenvalue weighted by atomic mass is 16.5. The highest BCUT2D eigenvalue weighted by molar-refractivity contribution is 5.43. The lowest BCUT2D eigenvalue weighted by atomic mass is 10.0. The Morgan fingerprint density at radius 2 is 1.65 bits per heavy atom. The van der Waals surface area contributed by atoms with Gasteiger partial charge in [-0.1, -0.05) is 24.3 Å². The third kappa shape index (κ3) is 3.44. The fraction of sp³-hybridized carbons (Fsp3) is 0.294. The summed E-state index contributed by atoms with van der Waals surface area (Å²) in [6.45, 7) is 0. The Morgan fingerprint density at radius 1 is 0.900 bits per heavy atom. The first-order valence-corrected chi connectivity index (χ1v) is 6.72. The van der Waals surface area contributed by atoms with E-state index in [1.54, 1.807) is 20.3 Å². The molecular weight excluding hydrogens is 252 g/mol. The van der Waals surface area contributed by atoms with Crippen LogP contribution in [0.5, 0.6) is 17.2 Å². The number of aryl methyl sites for hydroxylation is 2. The summed E-state index contributed by atoms with van der Waals surface area (Å²) >= 11 is 0. The van der Waals surface area contributed by atoms with Crippen molar-refractivity contribution >= 4 is 0 Å². The van der Waals surface area contributed by atoms with E-state index in [0.717, 1.165) is 36.3 Å². The van der Waals surface area contributed by atoms with Gasteiger partial charge < -0.3 is 14.6 Å². The molecule has 0 bridgehead atoms. The molecule has 0 spiro atoms. The lowest BCUT2D eigenvalue weighted by Crippen LogP contribution is -1.94. The lowest BCUT2D eigenvalue weighted by molar-refractivity contribution is 0.354. The minimum Gasteiger partial charge on any atom is -0.508 e. The van der Waals surface area contributed by atoms with E-state index in [-0.39, 0.29) is 0 Å². The molecule has 0 saturated carbocycles. The molecule has 2 rings (SSSR count). The maximum absolute atomic E-state index is 9.72. The Bertz CT molecular complexity index is 564. The van der Waals surface area contributed by atoms with Crippen LogP contribution in [0.4, 0.5) is 0 Å². The monoisotopic (exact) mass is 272 g/mol. The first-order valence-electron chi connectivity index (χ1n) is 6.72. The van der Waals surface area contributed by atoms with E-state index in [0.29, 0.717) is 5.75 Å². The Morgan fingerprint density at radius 3 is 2.35 bits per heavy atom. The minimum atomic E-state index is 0.375. The number of benzene rings is 2. The molecule has 0 unspecified atom stereocenters. The number of aromatic hydroxyl groups is 1. The largest absolute Gasteiger partial charge is 0.508 e. The summed E-state index contributed by atoms with van der Waals surface area (Å²) in [6, 6.07) is 13.5. The number of hydrogen-bond donors (Lipinski definition) is 1. The minimum absolute atomic E-state index is 0.375. The second-order valence-corrected chi connectivity index (χ2v) is 4.67.